The maximum Gasteiger partial charge on any atom is 0.141 e. The third kappa shape index (κ3) is 3.20. The number of nitrogens with two attached hydrogens (primary N) is 1. The standard InChI is InChI=1S/C22H27BN6/c1-14-9-27(10-17-7-16(11-29(14)17)28-12-22(2,25)13-28)19-5-3-15(8-24)21-18(19)4-6-20(23)26-21/h3-6,14,16-17H,7,9-13,25H2,1-2H3. The van der Waals surface area contributed by atoms with Gasteiger partial charge in [-0.2, -0.15) is 5.26 Å². The fourth-order valence-corrected chi connectivity index (χ4v) is 5.57. The quantitative estimate of drug-likeness (QED) is 0.762. The zero-order valence-corrected chi connectivity index (χ0v) is 17.2. The van der Waals surface area contributed by atoms with Gasteiger partial charge in [0.1, 0.15) is 13.9 Å². The maximum atomic E-state index is 9.48. The molecule has 3 fully saturated rings. The van der Waals surface area contributed by atoms with Crippen LogP contribution in [0.1, 0.15) is 25.8 Å². The highest BCUT2D eigenvalue weighted by atomic mass is 15.4. The number of aromatic nitrogens is 1. The molecule has 2 aromatic rings. The average molecular weight is 386 g/mol. The molecule has 1 aromatic heterocycles. The van der Waals surface area contributed by atoms with E-state index in [1.165, 1.54) is 6.42 Å². The molecule has 7 heteroatoms. The van der Waals surface area contributed by atoms with E-state index in [9.17, 15) is 5.26 Å². The van der Waals surface area contributed by atoms with Crippen molar-refractivity contribution in [1.29, 1.82) is 5.26 Å². The first-order valence-corrected chi connectivity index (χ1v) is 10.5. The summed E-state index contributed by atoms with van der Waals surface area (Å²) in [6.45, 7) is 9.60. The summed E-state index contributed by atoms with van der Waals surface area (Å²) < 4.78 is 0. The molecule has 3 unspecified atom stereocenters. The summed E-state index contributed by atoms with van der Waals surface area (Å²) in [6.07, 6.45) is 1.19. The van der Waals surface area contributed by atoms with Crippen LogP contribution in [0.2, 0.25) is 0 Å². The number of pyridine rings is 1. The van der Waals surface area contributed by atoms with E-state index in [1.54, 1.807) is 0 Å². The lowest BCUT2D eigenvalue weighted by molar-refractivity contribution is 0.0411. The van der Waals surface area contributed by atoms with Crippen LogP contribution in [0.5, 0.6) is 0 Å². The van der Waals surface area contributed by atoms with Gasteiger partial charge in [-0.1, -0.05) is 6.07 Å². The summed E-state index contributed by atoms with van der Waals surface area (Å²) in [7, 11) is 5.90. The summed E-state index contributed by atoms with van der Waals surface area (Å²) in [5.41, 5.74) is 9.10. The minimum Gasteiger partial charge on any atom is -0.368 e. The van der Waals surface area contributed by atoms with Gasteiger partial charge in [0.25, 0.3) is 0 Å². The first kappa shape index (κ1) is 18.9. The number of anilines is 1. The highest BCUT2D eigenvalue weighted by molar-refractivity contribution is 6.31. The van der Waals surface area contributed by atoms with Crippen molar-refractivity contribution in [2.45, 2.75) is 43.9 Å². The van der Waals surface area contributed by atoms with Crippen LogP contribution in [0.3, 0.4) is 0 Å². The third-order valence-corrected chi connectivity index (χ3v) is 6.88. The van der Waals surface area contributed by atoms with Crippen LogP contribution in [0.15, 0.2) is 24.3 Å². The number of benzene rings is 1. The van der Waals surface area contributed by atoms with Gasteiger partial charge in [0.15, 0.2) is 0 Å². The smallest absolute Gasteiger partial charge is 0.141 e. The Morgan fingerprint density at radius 3 is 2.69 bits per heavy atom. The highest BCUT2D eigenvalue weighted by Crippen LogP contribution is 2.36. The van der Waals surface area contributed by atoms with Crippen LogP contribution < -0.4 is 16.2 Å². The number of nitrogens with zero attached hydrogens (tertiary/aromatic N) is 5. The molecule has 3 atom stereocenters. The molecular formula is C22H27BN6. The predicted octanol–water partition coefficient (Wildman–Crippen LogP) is 0.585. The van der Waals surface area contributed by atoms with Gasteiger partial charge in [-0.25, -0.2) is 0 Å². The Hall–Kier alpha value is -2.14. The second-order valence-electron chi connectivity index (χ2n) is 9.43. The molecule has 6 nitrogen and oxygen atoms in total. The zero-order chi connectivity index (χ0) is 20.3. The fourth-order valence-electron chi connectivity index (χ4n) is 5.57. The molecule has 3 aliphatic heterocycles. The number of hydrogen-bond acceptors (Lipinski definition) is 6. The van der Waals surface area contributed by atoms with Crippen molar-refractivity contribution >= 4 is 30.0 Å². The molecule has 4 heterocycles. The van der Waals surface area contributed by atoms with Crippen LogP contribution in [-0.2, 0) is 0 Å². The maximum absolute atomic E-state index is 9.48. The first-order valence-electron chi connectivity index (χ1n) is 10.5. The van der Waals surface area contributed by atoms with Crippen molar-refractivity contribution in [3.63, 3.8) is 0 Å². The molecule has 3 aliphatic rings. The van der Waals surface area contributed by atoms with E-state index in [-0.39, 0.29) is 5.54 Å². The van der Waals surface area contributed by atoms with Crippen LogP contribution in [0.4, 0.5) is 5.69 Å². The Bertz CT molecular complexity index is 991. The second-order valence-corrected chi connectivity index (χ2v) is 9.43. The molecular weight excluding hydrogens is 359 g/mol. The van der Waals surface area contributed by atoms with Gasteiger partial charge in [-0.05, 0) is 44.1 Å². The Morgan fingerprint density at radius 2 is 1.97 bits per heavy atom. The van der Waals surface area contributed by atoms with Gasteiger partial charge in [-0.15, -0.1) is 0 Å². The largest absolute Gasteiger partial charge is 0.368 e. The van der Waals surface area contributed by atoms with Gasteiger partial charge in [-0.3, -0.25) is 14.8 Å². The van der Waals surface area contributed by atoms with Crippen molar-refractivity contribution in [2.24, 2.45) is 5.73 Å². The summed E-state index contributed by atoms with van der Waals surface area (Å²) in [5.74, 6) is 0. The van der Waals surface area contributed by atoms with E-state index >= 15 is 0 Å². The Kier molecular flexibility index (Phi) is 4.36. The van der Waals surface area contributed by atoms with E-state index < -0.39 is 0 Å². The van der Waals surface area contributed by atoms with E-state index in [2.05, 4.69) is 45.7 Å². The normalized spacial score (nSPS) is 29.4. The number of fused-ring (bicyclic) bond motifs is 2. The summed E-state index contributed by atoms with van der Waals surface area (Å²) in [4.78, 5) is 12.2. The van der Waals surface area contributed by atoms with Crippen LogP contribution in [0.25, 0.3) is 10.9 Å². The highest BCUT2D eigenvalue weighted by Gasteiger charge is 2.46. The molecule has 148 valence electrons. The monoisotopic (exact) mass is 386 g/mol. The zero-order valence-electron chi connectivity index (χ0n) is 17.2. The minimum absolute atomic E-state index is 0.0169. The van der Waals surface area contributed by atoms with E-state index in [0.29, 0.717) is 34.8 Å². The van der Waals surface area contributed by atoms with Gasteiger partial charge < -0.3 is 10.6 Å². The molecule has 2 N–H and O–H groups in total. The van der Waals surface area contributed by atoms with E-state index in [4.69, 9.17) is 13.6 Å². The third-order valence-electron chi connectivity index (χ3n) is 6.88. The molecule has 29 heavy (non-hydrogen) atoms. The van der Waals surface area contributed by atoms with Gasteiger partial charge in [0, 0.05) is 67.5 Å². The Morgan fingerprint density at radius 1 is 1.17 bits per heavy atom. The van der Waals surface area contributed by atoms with Crippen molar-refractivity contribution in [3.8, 4) is 6.07 Å². The van der Waals surface area contributed by atoms with E-state index in [0.717, 1.165) is 43.8 Å². The molecule has 2 radical (unpaired) electrons. The number of hydrogen-bond donors (Lipinski definition) is 1. The first-order chi connectivity index (χ1) is 13.8. The lowest BCUT2D eigenvalue weighted by Crippen LogP contribution is -2.68. The molecule has 0 saturated carbocycles. The van der Waals surface area contributed by atoms with Crippen molar-refractivity contribution < 1.29 is 0 Å². The van der Waals surface area contributed by atoms with Crippen LogP contribution in [-0.4, -0.2) is 79.0 Å². The molecule has 5 rings (SSSR count). The number of nitriles is 1. The second kappa shape index (κ2) is 6.70. The van der Waals surface area contributed by atoms with Crippen molar-refractivity contribution in [1.82, 2.24) is 14.8 Å². The van der Waals surface area contributed by atoms with Gasteiger partial charge >= 0.3 is 0 Å². The predicted molar refractivity (Wildman–Crippen MR) is 117 cm³/mol. The molecule has 3 saturated heterocycles. The number of piperazine rings is 1. The van der Waals surface area contributed by atoms with Gasteiger partial charge in [0.2, 0.25) is 0 Å². The number of likely N-dealkylation sites (tertiary alicyclic amines) is 1. The summed E-state index contributed by atoms with van der Waals surface area (Å²) in [6, 6.07) is 11.7. The van der Waals surface area contributed by atoms with E-state index in [1.807, 2.05) is 18.2 Å². The fraction of sp³-hybridized carbons (Fsp3) is 0.545. The average Bonchev–Trinajstić information content (AvgIpc) is 3.09. The lowest BCUT2D eigenvalue weighted by Gasteiger charge is -2.48. The van der Waals surface area contributed by atoms with Crippen molar-refractivity contribution in [3.05, 3.63) is 29.8 Å². The lowest BCUT2D eigenvalue weighted by atomic mass is 9.91. The van der Waals surface area contributed by atoms with Crippen LogP contribution >= 0.6 is 0 Å². The minimum atomic E-state index is -0.0169. The topological polar surface area (TPSA) is 72.4 Å². The number of rotatable bonds is 2. The SMILES string of the molecule is [B]c1ccc2c(N3CC(C)N4CC(N5CC(C)(N)C5)CC4C3)ccc(C#N)c2n1. The Balaban J connectivity index is 1.41. The summed E-state index contributed by atoms with van der Waals surface area (Å²) >= 11 is 0. The van der Waals surface area contributed by atoms with Crippen molar-refractivity contribution in [2.75, 3.05) is 37.6 Å². The molecule has 0 bridgehead atoms. The van der Waals surface area contributed by atoms with Crippen LogP contribution in [0, 0.1) is 11.3 Å². The molecule has 0 amide bonds. The van der Waals surface area contributed by atoms with Gasteiger partial charge in [0.05, 0.1) is 11.1 Å². The molecule has 0 spiro atoms. The molecule has 0 aliphatic carbocycles. The Labute approximate surface area is 173 Å². The summed E-state index contributed by atoms with van der Waals surface area (Å²) in [5, 5.41) is 10.5. The molecule has 1 aromatic carbocycles.